The monoisotopic (exact) mass is 296 g/mol. The molecule has 3 N–H and O–H groups in total. The molecule has 7 heteroatoms. The number of amides is 1. The second kappa shape index (κ2) is 5.86. The number of aromatic nitrogens is 2. The van der Waals surface area contributed by atoms with E-state index in [0.717, 1.165) is 5.56 Å². The van der Waals surface area contributed by atoms with Gasteiger partial charge in [0.05, 0.1) is 6.42 Å². The lowest BCUT2D eigenvalue weighted by molar-refractivity contribution is -0.115. The van der Waals surface area contributed by atoms with Gasteiger partial charge < -0.3 is 11.1 Å². The maximum atomic E-state index is 11.9. The van der Waals surface area contributed by atoms with Gasteiger partial charge in [-0.3, -0.25) is 4.79 Å². The normalized spacial score (nSPS) is 10.2. The van der Waals surface area contributed by atoms with Crippen molar-refractivity contribution >= 4 is 40.5 Å². The molecule has 2 aromatic rings. The Morgan fingerprint density at radius 3 is 2.58 bits per heavy atom. The maximum absolute atomic E-state index is 11.9. The van der Waals surface area contributed by atoms with Gasteiger partial charge in [-0.2, -0.15) is 0 Å². The van der Waals surface area contributed by atoms with Crippen molar-refractivity contribution < 1.29 is 4.79 Å². The van der Waals surface area contributed by atoms with E-state index in [1.807, 2.05) is 0 Å². The van der Waals surface area contributed by atoms with Crippen LogP contribution in [0.3, 0.4) is 0 Å². The molecule has 2 rings (SSSR count). The van der Waals surface area contributed by atoms with Gasteiger partial charge >= 0.3 is 0 Å². The zero-order valence-electron chi connectivity index (χ0n) is 9.73. The van der Waals surface area contributed by atoms with Crippen LogP contribution in [0.2, 0.25) is 10.3 Å². The molecule has 0 saturated heterocycles. The summed E-state index contributed by atoms with van der Waals surface area (Å²) in [5.41, 5.74) is 7.24. The highest BCUT2D eigenvalue weighted by Crippen LogP contribution is 2.25. The molecule has 0 atom stereocenters. The fourth-order valence-corrected chi connectivity index (χ4v) is 1.93. The number of halogens is 2. The van der Waals surface area contributed by atoms with Crippen molar-refractivity contribution in [3.63, 3.8) is 0 Å². The Bertz CT molecular complexity index is 598. The minimum absolute atomic E-state index is 0.0981. The van der Waals surface area contributed by atoms with Gasteiger partial charge in [-0.1, -0.05) is 35.3 Å². The van der Waals surface area contributed by atoms with E-state index in [-0.39, 0.29) is 28.3 Å². The fourth-order valence-electron chi connectivity index (χ4n) is 1.52. The molecule has 0 spiro atoms. The van der Waals surface area contributed by atoms with E-state index >= 15 is 0 Å². The highest BCUT2D eigenvalue weighted by molar-refractivity contribution is 6.38. The number of nitrogens with two attached hydrogens (primary N) is 1. The molecule has 0 radical (unpaired) electrons. The van der Waals surface area contributed by atoms with E-state index in [4.69, 9.17) is 28.9 Å². The molecule has 98 valence electrons. The van der Waals surface area contributed by atoms with Gasteiger partial charge in [0, 0.05) is 5.69 Å². The van der Waals surface area contributed by atoms with Crippen molar-refractivity contribution in [1.29, 1.82) is 0 Å². The van der Waals surface area contributed by atoms with Gasteiger partial charge in [0.15, 0.2) is 10.3 Å². The zero-order valence-corrected chi connectivity index (χ0v) is 11.2. The second-order valence-electron chi connectivity index (χ2n) is 3.80. The average molecular weight is 297 g/mol. The number of benzene rings is 1. The Morgan fingerprint density at radius 1 is 1.26 bits per heavy atom. The third-order valence-electron chi connectivity index (χ3n) is 2.33. The first kappa shape index (κ1) is 13.6. The molecule has 19 heavy (non-hydrogen) atoms. The van der Waals surface area contributed by atoms with Crippen LogP contribution in [0.1, 0.15) is 5.56 Å². The summed E-state index contributed by atoms with van der Waals surface area (Å²) in [6, 6.07) is 7.06. The molecule has 1 amide bonds. The number of rotatable bonds is 3. The molecular formula is C12H10Cl2N4O. The van der Waals surface area contributed by atoms with Crippen molar-refractivity contribution in [2.45, 2.75) is 6.42 Å². The van der Waals surface area contributed by atoms with Crippen LogP contribution in [-0.4, -0.2) is 15.9 Å². The highest BCUT2D eigenvalue weighted by atomic mass is 35.5. The van der Waals surface area contributed by atoms with Crippen LogP contribution in [0.4, 0.5) is 11.4 Å². The van der Waals surface area contributed by atoms with E-state index in [0.29, 0.717) is 5.69 Å². The van der Waals surface area contributed by atoms with Crippen LogP contribution in [0.5, 0.6) is 0 Å². The molecule has 0 saturated carbocycles. The summed E-state index contributed by atoms with van der Waals surface area (Å²) in [6.45, 7) is 0. The van der Waals surface area contributed by atoms with Gasteiger partial charge in [-0.25, -0.2) is 9.97 Å². The van der Waals surface area contributed by atoms with Crippen LogP contribution >= 0.6 is 23.2 Å². The Labute approximate surface area is 119 Å². The van der Waals surface area contributed by atoms with Crippen molar-refractivity contribution in [2.75, 3.05) is 11.1 Å². The first-order valence-corrected chi connectivity index (χ1v) is 6.12. The summed E-state index contributed by atoms with van der Waals surface area (Å²) in [5.74, 6) is -0.274. The Balaban J connectivity index is 2.10. The number of hydrogen-bond donors (Lipinski definition) is 2. The molecule has 1 aromatic heterocycles. The van der Waals surface area contributed by atoms with Gasteiger partial charge in [-0.15, -0.1) is 0 Å². The van der Waals surface area contributed by atoms with Crippen LogP contribution in [0.25, 0.3) is 0 Å². The minimum atomic E-state index is -0.274. The summed E-state index contributed by atoms with van der Waals surface area (Å²) >= 11 is 11.7. The standard InChI is InChI=1S/C12H10Cl2N4O/c13-11-10(12(14)17-6-16-11)18-9(19)5-7-2-1-3-8(15)4-7/h1-4,6H,5,15H2,(H,18,19). The summed E-state index contributed by atoms with van der Waals surface area (Å²) in [7, 11) is 0. The third-order valence-corrected chi connectivity index (χ3v) is 2.91. The third kappa shape index (κ3) is 3.56. The van der Waals surface area contributed by atoms with Crippen LogP contribution in [0.15, 0.2) is 30.6 Å². The summed E-state index contributed by atoms with van der Waals surface area (Å²) in [5, 5.41) is 2.77. The molecule has 0 aliphatic heterocycles. The molecule has 0 fully saturated rings. The van der Waals surface area contributed by atoms with Gasteiger partial charge in [0.1, 0.15) is 12.0 Å². The van der Waals surface area contributed by atoms with Gasteiger partial charge in [0.25, 0.3) is 0 Å². The quantitative estimate of drug-likeness (QED) is 0.674. The second-order valence-corrected chi connectivity index (χ2v) is 4.52. The minimum Gasteiger partial charge on any atom is -0.399 e. The SMILES string of the molecule is Nc1cccc(CC(=O)Nc2c(Cl)ncnc2Cl)c1. The lowest BCUT2D eigenvalue weighted by Crippen LogP contribution is -2.15. The molecular weight excluding hydrogens is 287 g/mol. The van der Waals surface area contributed by atoms with E-state index in [9.17, 15) is 4.79 Å². The molecule has 0 unspecified atom stereocenters. The van der Waals surface area contributed by atoms with Gasteiger partial charge in [0.2, 0.25) is 5.91 Å². The highest BCUT2D eigenvalue weighted by Gasteiger charge is 2.12. The molecule has 0 aliphatic rings. The van der Waals surface area contributed by atoms with Crippen molar-refractivity contribution in [1.82, 2.24) is 9.97 Å². The lowest BCUT2D eigenvalue weighted by atomic mass is 10.1. The zero-order chi connectivity index (χ0) is 13.8. The number of carbonyl (C=O) groups is 1. The molecule has 1 heterocycles. The van der Waals surface area contributed by atoms with Crippen LogP contribution in [0, 0.1) is 0 Å². The van der Waals surface area contributed by atoms with E-state index in [1.54, 1.807) is 24.3 Å². The molecule has 0 aliphatic carbocycles. The first-order valence-electron chi connectivity index (χ1n) is 5.36. The van der Waals surface area contributed by atoms with Crippen molar-refractivity contribution in [2.24, 2.45) is 0 Å². The number of anilines is 2. The first-order chi connectivity index (χ1) is 9.06. The number of hydrogen-bond acceptors (Lipinski definition) is 4. The van der Waals surface area contributed by atoms with Crippen LogP contribution in [-0.2, 0) is 11.2 Å². The lowest BCUT2D eigenvalue weighted by Gasteiger charge is -2.07. The Hall–Kier alpha value is -1.85. The predicted octanol–water partition coefficient (Wildman–Crippen LogP) is 2.55. The van der Waals surface area contributed by atoms with E-state index in [2.05, 4.69) is 15.3 Å². The Kier molecular flexibility index (Phi) is 4.19. The van der Waals surface area contributed by atoms with Gasteiger partial charge in [-0.05, 0) is 17.7 Å². The maximum Gasteiger partial charge on any atom is 0.228 e. The van der Waals surface area contributed by atoms with Crippen LogP contribution < -0.4 is 11.1 Å². The van der Waals surface area contributed by atoms with E-state index < -0.39 is 0 Å². The number of carbonyl (C=O) groups excluding carboxylic acids is 1. The topological polar surface area (TPSA) is 80.9 Å². The summed E-state index contributed by atoms with van der Waals surface area (Å²) < 4.78 is 0. The molecule has 5 nitrogen and oxygen atoms in total. The average Bonchev–Trinajstić information content (AvgIpc) is 2.34. The molecule has 1 aromatic carbocycles. The summed E-state index contributed by atoms with van der Waals surface area (Å²) in [6.07, 6.45) is 1.38. The van der Waals surface area contributed by atoms with E-state index in [1.165, 1.54) is 6.33 Å². The smallest absolute Gasteiger partial charge is 0.228 e. The molecule has 0 bridgehead atoms. The number of nitrogens with zero attached hydrogens (tertiary/aromatic N) is 2. The van der Waals surface area contributed by atoms with Crippen molar-refractivity contribution in [3.05, 3.63) is 46.5 Å². The Morgan fingerprint density at radius 2 is 1.95 bits per heavy atom. The summed E-state index contributed by atoms with van der Waals surface area (Å²) in [4.78, 5) is 19.4. The largest absolute Gasteiger partial charge is 0.399 e. The number of nitrogens with one attached hydrogen (secondary N) is 1. The fraction of sp³-hybridized carbons (Fsp3) is 0.0833. The number of nitrogen functional groups attached to an aromatic ring is 1. The predicted molar refractivity (Wildman–Crippen MR) is 75.2 cm³/mol. The van der Waals surface area contributed by atoms with Crippen molar-refractivity contribution in [3.8, 4) is 0 Å².